The smallest absolute Gasteiger partial charge is 0.308 e. The second kappa shape index (κ2) is 5.25. The molecule has 3 rings (SSSR count). The van der Waals surface area contributed by atoms with Crippen molar-refractivity contribution in [3.05, 3.63) is 35.7 Å². The topological polar surface area (TPSA) is 53.4 Å². The van der Waals surface area contributed by atoms with E-state index in [2.05, 4.69) is 9.88 Å². The summed E-state index contributed by atoms with van der Waals surface area (Å²) in [4.78, 5) is 17.9. The van der Waals surface area contributed by atoms with Crippen LogP contribution in [0.15, 0.2) is 35.7 Å². The number of aliphatic carboxylic acids is 1. The first kappa shape index (κ1) is 13.1. The van der Waals surface area contributed by atoms with Gasteiger partial charge in [-0.3, -0.25) is 4.79 Å². The van der Waals surface area contributed by atoms with Crippen LogP contribution >= 0.6 is 11.3 Å². The van der Waals surface area contributed by atoms with Crippen LogP contribution < -0.4 is 4.90 Å². The fourth-order valence-corrected chi connectivity index (χ4v) is 3.63. The van der Waals surface area contributed by atoms with E-state index in [-0.39, 0.29) is 12.0 Å². The van der Waals surface area contributed by atoms with Crippen molar-refractivity contribution >= 4 is 22.4 Å². The summed E-state index contributed by atoms with van der Waals surface area (Å²) < 4.78 is 0. The molecule has 2 heterocycles. The van der Waals surface area contributed by atoms with Crippen molar-refractivity contribution in [1.29, 1.82) is 0 Å². The average molecular weight is 288 g/mol. The molecule has 0 saturated carbocycles. The maximum Gasteiger partial charge on any atom is 0.308 e. The third-order valence-corrected chi connectivity index (χ3v) is 4.76. The van der Waals surface area contributed by atoms with E-state index in [0.717, 1.165) is 22.9 Å². The van der Waals surface area contributed by atoms with Gasteiger partial charge in [-0.05, 0) is 13.3 Å². The van der Waals surface area contributed by atoms with Crippen LogP contribution in [0.5, 0.6) is 0 Å². The first-order chi connectivity index (χ1) is 9.66. The van der Waals surface area contributed by atoms with Gasteiger partial charge in [-0.25, -0.2) is 4.98 Å². The van der Waals surface area contributed by atoms with Gasteiger partial charge < -0.3 is 10.0 Å². The standard InChI is InChI=1S/C15H16N2O2S/c1-10-12(14(18)19)7-8-17(10)15-16-13(9-20-15)11-5-3-2-4-6-11/h2-6,9-10,12H,7-8H2,1H3,(H,18,19). The van der Waals surface area contributed by atoms with Gasteiger partial charge in [0.05, 0.1) is 11.6 Å². The summed E-state index contributed by atoms with van der Waals surface area (Å²) in [5, 5.41) is 12.1. The van der Waals surface area contributed by atoms with E-state index in [1.54, 1.807) is 11.3 Å². The highest BCUT2D eigenvalue weighted by Crippen LogP contribution is 2.34. The minimum Gasteiger partial charge on any atom is -0.481 e. The molecule has 1 aromatic carbocycles. The van der Waals surface area contributed by atoms with E-state index in [1.807, 2.05) is 42.6 Å². The van der Waals surface area contributed by atoms with Gasteiger partial charge in [-0.15, -0.1) is 11.3 Å². The number of rotatable bonds is 3. The van der Waals surface area contributed by atoms with Crippen LogP contribution in [0.2, 0.25) is 0 Å². The molecule has 0 spiro atoms. The molecule has 0 bridgehead atoms. The lowest BCUT2D eigenvalue weighted by molar-refractivity contribution is -0.141. The lowest BCUT2D eigenvalue weighted by Gasteiger charge is -2.22. The summed E-state index contributed by atoms with van der Waals surface area (Å²) in [5.74, 6) is -1.00. The molecule has 2 unspecified atom stereocenters. The molecule has 1 aliphatic rings. The Bertz CT molecular complexity index is 611. The Hall–Kier alpha value is -1.88. The van der Waals surface area contributed by atoms with Gasteiger partial charge >= 0.3 is 5.97 Å². The molecule has 1 aromatic heterocycles. The molecule has 4 nitrogen and oxygen atoms in total. The molecule has 1 fully saturated rings. The van der Waals surface area contributed by atoms with Gasteiger partial charge in [0.15, 0.2) is 5.13 Å². The lowest BCUT2D eigenvalue weighted by Crippen LogP contribution is -2.32. The number of aromatic nitrogens is 1. The number of thiazole rings is 1. The van der Waals surface area contributed by atoms with E-state index < -0.39 is 5.97 Å². The van der Waals surface area contributed by atoms with E-state index >= 15 is 0 Å². The third kappa shape index (κ3) is 2.29. The van der Waals surface area contributed by atoms with Crippen LogP contribution in [0.1, 0.15) is 13.3 Å². The number of anilines is 1. The second-order valence-electron chi connectivity index (χ2n) is 5.05. The Morgan fingerprint density at radius 2 is 2.15 bits per heavy atom. The molecule has 2 atom stereocenters. The molecule has 0 amide bonds. The fraction of sp³-hybridized carbons (Fsp3) is 0.333. The Morgan fingerprint density at radius 1 is 1.40 bits per heavy atom. The quantitative estimate of drug-likeness (QED) is 0.943. The Labute approximate surface area is 121 Å². The van der Waals surface area contributed by atoms with E-state index in [1.165, 1.54) is 0 Å². The van der Waals surface area contributed by atoms with Crippen LogP contribution in [0, 0.1) is 5.92 Å². The summed E-state index contributed by atoms with van der Waals surface area (Å²) in [5.41, 5.74) is 2.05. The lowest BCUT2D eigenvalue weighted by atomic mass is 10.0. The van der Waals surface area contributed by atoms with Crippen LogP contribution in [0.3, 0.4) is 0 Å². The molecular formula is C15H16N2O2S. The van der Waals surface area contributed by atoms with Crippen molar-refractivity contribution in [2.45, 2.75) is 19.4 Å². The third-order valence-electron chi connectivity index (χ3n) is 3.88. The van der Waals surface area contributed by atoms with Crippen LogP contribution in [-0.2, 0) is 4.79 Å². The molecule has 1 N–H and O–H groups in total. The number of hydrogen-bond donors (Lipinski definition) is 1. The van der Waals surface area contributed by atoms with Crippen molar-refractivity contribution in [1.82, 2.24) is 4.98 Å². The van der Waals surface area contributed by atoms with Crippen molar-refractivity contribution in [2.24, 2.45) is 5.92 Å². The zero-order chi connectivity index (χ0) is 14.1. The molecule has 2 aromatic rings. The van der Waals surface area contributed by atoms with Gasteiger partial charge in [0.25, 0.3) is 0 Å². The van der Waals surface area contributed by atoms with Crippen molar-refractivity contribution in [2.75, 3.05) is 11.4 Å². The summed E-state index contributed by atoms with van der Waals surface area (Å²) in [7, 11) is 0. The second-order valence-corrected chi connectivity index (χ2v) is 5.89. The average Bonchev–Trinajstić information content (AvgIpc) is 3.06. The predicted molar refractivity (Wildman–Crippen MR) is 80.1 cm³/mol. The highest BCUT2D eigenvalue weighted by atomic mass is 32.1. The fourth-order valence-electron chi connectivity index (χ4n) is 2.68. The van der Waals surface area contributed by atoms with Gasteiger partial charge in [-0.2, -0.15) is 0 Å². The Morgan fingerprint density at radius 3 is 2.80 bits per heavy atom. The normalized spacial score (nSPS) is 22.1. The SMILES string of the molecule is CC1C(C(=O)O)CCN1c1nc(-c2ccccc2)cs1. The van der Waals surface area contributed by atoms with Gasteiger partial charge in [0, 0.05) is 23.5 Å². The molecular weight excluding hydrogens is 272 g/mol. The number of carboxylic acids is 1. The Kier molecular flexibility index (Phi) is 3.44. The predicted octanol–water partition coefficient (Wildman–Crippen LogP) is 3.11. The van der Waals surface area contributed by atoms with Crippen LogP contribution in [0.25, 0.3) is 11.3 Å². The van der Waals surface area contributed by atoms with Gasteiger partial charge in [0.2, 0.25) is 0 Å². The molecule has 20 heavy (non-hydrogen) atoms. The highest BCUT2D eigenvalue weighted by molar-refractivity contribution is 7.14. The number of benzene rings is 1. The first-order valence-corrected chi connectivity index (χ1v) is 7.55. The number of nitrogens with zero attached hydrogens (tertiary/aromatic N) is 2. The zero-order valence-electron chi connectivity index (χ0n) is 11.2. The zero-order valence-corrected chi connectivity index (χ0v) is 12.0. The largest absolute Gasteiger partial charge is 0.481 e. The van der Waals surface area contributed by atoms with E-state index in [9.17, 15) is 9.90 Å². The summed E-state index contributed by atoms with van der Waals surface area (Å²) in [6.45, 7) is 2.73. The molecule has 0 aliphatic carbocycles. The monoisotopic (exact) mass is 288 g/mol. The number of carbonyl (C=O) groups is 1. The minimum absolute atomic E-state index is 0.00210. The molecule has 0 radical (unpaired) electrons. The van der Waals surface area contributed by atoms with Gasteiger partial charge in [0.1, 0.15) is 0 Å². The highest BCUT2D eigenvalue weighted by Gasteiger charge is 2.36. The maximum absolute atomic E-state index is 11.2. The summed E-state index contributed by atoms with van der Waals surface area (Å²) in [6.07, 6.45) is 0.691. The molecule has 1 saturated heterocycles. The first-order valence-electron chi connectivity index (χ1n) is 6.67. The molecule has 1 aliphatic heterocycles. The van der Waals surface area contributed by atoms with E-state index in [4.69, 9.17) is 0 Å². The number of hydrogen-bond acceptors (Lipinski definition) is 4. The molecule has 104 valence electrons. The number of carboxylic acid groups (broad SMARTS) is 1. The van der Waals surface area contributed by atoms with Crippen LogP contribution in [0.4, 0.5) is 5.13 Å². The van der Waals surface area contributed by atoms with Gasteiger partial charge in [-0.1, -0.05) is 30.3 Å². The summed E-state index contributed by atoms with van der Waals surface area (Å²) >= 11 is 1.58. The van der Waals surface area contributed by atoms with Crippen molar-refractivity contribution in [3.8, 4) is 11.3 Å². The van der Waals surface area contributed by atoms with E-state index in [0.29, 0.717) is 6.42 Å². The van der Waals surface area contributed by atoms with Crippen molar-refractivity contribution < 1.29 is 9.90 Å². The summed E-state index contributed by atoms with van der Waals surface area (Å²) in [6, 6.07) is 10.0. The molecule has 5 heteroatoms. The maximum atomic E-state index is 11.2. The Balaban J connectivity index is 1.83. The van der Waals surface area contributed by atoms with Crippen molar-refractivity contribution in [3.63, 3.8) is 0 Å². The minimum atomic E-state index is -0.708. The van der Waals surface area contributed by atoms with Crippen LogP contribution in [-0.4, -0.2) is 28.6 Å².